The summed E-state index contributed by atoms with van der Waals surface area (Å²) in [5, 5.41) is 21.9. The SMILES string of the molecule is Cc1ccc(-c2cc(CN3CCc4[nH]ncc4C3)[nH]n2)s1.O=C(O)C(F)(F)F. The van der Waals surface area contributed by atoms with Crippen molar-refractivity contribution in [3.63, 3.8) is 0 Å². The fourth-order valence-electron chi connectivity index (χ4n) is 2.80. The summed E-state index contributed by atoms with van der Waals surface area (Å²) in [6.07, 6.45) is -2.10. The van der Waals surface area contributed by atoms with E-state index in [0.717, 1.165) is 31.7 Å². The maximum absolute atomic E-state index is 10.6. The second kappa shape index (κ2) is 8.15. The number of carboxylic acid groups (broad SMARTS) is 1. The quantitative estimate of drug-likeness (QED) is 0.612. The number of hydrogen-bond acceptors (Lipinski definition) is 5. The van der Waals surface area contributed by atoms with Crippen LogP contribution in [0.4, 0.5) is 13.2 Å². The van der Waals surface area contributed by atoms with Crippen LogP contribution >= 0.6 is 11.3 Å². The fraction of sp³-hybridized carbons (Fsp3) is 0.353. The molecule has 0 aliphatic carbocycles. The van der Waals surface area contributed by atoms with Gasteiger partial charge >= 0.3 is 12.1 Å². The van der Waals surface area contributed by atoms with Crippen molar-refractivity contribution >= 4 is 17.3 Å². The molecule has 0 radical (unpaired) electrons. The number of fused-ring (bicyclic) bond motifs is 1. The Bertz CT molecular complexity index is 947. The van der Waals surface area contributed by atoms with Gasteiger partial charge in [0.2, 0.25) is 0 Å². The number of rotatable bonds is 3. The summed E-state index contributed by atoms with van der Waals surface area (Å²) >= 11 is 1.78. The molecule has 0 saturated heterocycles. The van der Waals surface area contributed by atoms with Gasteiger partial charge in [0.1, 0.15) is 5.69 Å². The molecule has 0 spiro atoms. The number of carbonyl (C=O) groups is 1. The van der Waals surface area contributed by atoms with E-state index in [1.54, 1.807) is 11.3 Å². The van der Waals surface area contributed by atoms with E-state index >= 15 is 0 Å². The molecule has 3 aromatic heterocycles. The van der Waals surface area contributed by atoms with Gasteiger partial charge in [-0.25, -0.2) is 4.79 Å². The Kier molecular flexibility index (Phi) is 5.84. The van der Waals surface area contributed by atoms with Gasteiger partial charge in [0.15, 0.2) is 0 Å². The Morgan fingerprint density at radius 1 is 1.36 bits per heavy atom. The highest BCUT2D eigenvalue weighted by molar-refractivity contribution is 7.15. The summed E-state index contributed by atoms with van der Waals surface area (Å²) in [5.41, 5.74) is 4.81. The van der Waals surface area contributed by atoms with Crippen molar-refractivity contribution in [2.75, 3.05) is 6.54 Å². The number of aromatic nitrogens is 4. The van der Waals surface area contributed by atoms with Crippen LogP contribution in [0.2, 0.25) is 0 Å². The zero-order chi connectivity index (χ0) is 20.3. The van der Waals surface area contributed by atoms with E-state index in [4.69, 9.17) is 9.90 Å². The fourth-order valence-corrected chi connectivity index (χ4v) is 3.63. The van der Waals surface area contributed by atoms with E-state index in [9.17, 15) is 13.2 Å². The summed E-state index contributed by atoms with van der Waals surface area (Å²) < 4.78 is 31.7. The average Bonchev–Trinajstić information content (AvgIpc) is 3.34. The van der Waals surface area contributed by atoms with Gasteiger partial charge in [-0.2, -0.15) is 23.4 Å². The minimum atomic E-state index is -5.08. The third kappa shape index (κ3) is 4.98. The number of aryl methyl sites for hydroxylation is 1. The van der Waals surface area contributed by atoms with Crippen molar-refractivity contribution in [2.24, 2.45) is 0 Å². The van der Waals surface area contributed by atoms with Gasteiger partial charge in [-0.3, -0.25) is 15.1 Å². The van der Waals surface area contributed by atoms with Gasteiger partial charge in [-0.1, -0.05) is 0 Å². The van der Waals surface area contributed by atoms with E-state index < -0.39 is 12.1 Å². The maximum atomic E-state index is 10.6. The molecule has 28 heavy (non-hydrogen) atoms. The highest BCUT2D eigenvalue weighted by Gasteiger charge is 2.38. The first-order valence-electron chi connectivity index (χ1n) is 8.37. The molecule has 0 amide bonds. The number of H-pyrrole nitrogens is 2. The van der Waals surface area contributed by atoms with E-state index in [1.165, 1.54) is 26.7 Å². The van der Waals surface area contributed by atoms with Crippen LogP contribution in [0, 0.1) is 6.92 Å². The van der Waals surface area contributed by atoms with Crippen molar-refractivity contribution in [3.8, 4) is 10.6 Å². The Labute approximate surface area is 162 Å². The number of thiophene rings is 1. The van der Waals surface area contributed by atoms with Crippen LogP contribution in [0.1, 0.15) is 21.8 Å². The molecule has 150 valence electrons. The molecule has 0 atom stereocenters. The smallest absolute Gasteiger partial charge is 0.475 e. The molecule has 0 fully saturated rings. The molecule has 0 aromatic carbocycles. The van der Waals surface area contributed by atoms with E-state index in [-0.39, 0.29) is 0 Å². The molecule has 0 saturated carbocycles. The first-order chi connectivity index (χ1) is 13.2. The molecule has 3 N–H and O–H groups in total. The van der Waals surface area contributed by atoms with Gasteiger partial charge in [0.25, 0.3) is 0 Å². The number of aliphatic carboxylic acids is 1. The van der Waals surface area contributed by atoms with Crippen LogP contribution < -0.4 is 0 Å². The Morgan fingerprint density at radius 2 is 2.11 bits per heavy atom. The molecule has 11 heteroatoms. The van der Waals surface area contributed by atoms with Crippen LogP contribution in [-0.2, 0) is 24.3 Å². The number of nitrogens with one attached hydrogen (secondary N) is 2. The van der Waals surface area contributed by atoms with Crippen LogP contribution in [0.3, 0.4) is 0 Å². The molecule has 1 aliphatic heterocycles. The van der Waals surface area contributed by atoms with Crippen molar-refractivity contribution in [1.29, 1.82) is 0 Å². The number of alkyl halides is 3. The maximum Gasteiger partial charge on any atom is 0.490 e. The summed E-state index contributed by atoms with van der Waals surface area (Å²) in [5.74, 6) is -2.76. The second-order valence-electron chi connectivity index (χ2n) is 6.33. The Morgan fingerprint density at radius 3 is 2.75 bits per heavy atom. The lowest BCUT2D eigenvalue weighted by molar-refractivity contribution is -0.192. The molecule has 0 bridgehead atoms. The minimum absolute atomic E-state index is 0.905. The topological polar surface area (TPSA) is 97.9 Å². The molecule has 4 rings (SSSR count). The first kappa shape index (κ1) is 20.1. The van der Waals surface area contributed by atoms with Crippen LogP contribution in [0.5, 0.6) is 0 Å². The third-order valence-electron chi connectivity index (χ3n) is 4.14. The normalized spacial score (nSPS) is 14.3. The predicted molar refractivity (Wildman–Crippen MR) is 96.7 cm³/mol. The zero-order valence-corrected chi connectivity index (χ0v) is 15.7. The number of hydrogen-bond donors (Lipinski definition) is 3. The van der Waals surface area contributed by atoms with Gasteiger partial charge in [-0.05, 0) is 25.1 Å². The van der Waals surface area contributed by atoms with Crippen LogP contribution in [0.15, 0.2) is 24.4 Å². The van der Waals surface area contributed by atoms with E-state index in [0.29, 0.717) is 0 Å². The van der Waals surface area contributed by atoms with Gasteiger partial charge in [0, 0.05) is 47.9 Å². The summed E-state index contributed by atoms with van der Waals surface area (Å²) in [7, 11) is 0. The average molecular weight is 413 g/mol. The monoisotopic (exact) mass is 413 g/mol. The molecule has 1 aliphatic rings. The lowest BCUT2D eigenvalue weighted by Gasteiger charge is -2.25. The van der Waals surface area contributed by atoms with Crippen LogP contribution in [-0.4, -0.2) is 49.1 Å². The number of halogens is 3. The second-order valence-corrected chi connectivity index (χ2v) is 7.61. The van der Waals surface area contributed by atoms with Crippen LogP contribution in [0.25, 0.3) is 10.6 Å². The van der Waals surface area contributed by atoms with Crippen molar-refractivity contribution in [2.45, 2.75) is 32.6 Å². The molecule has 7 nitrogen and oxygen atoms in total. The highest BCUT2D eigenvalue weighted by atomic mass is 32.1. The summed E-state index contributed by atoms with van der Waals surface area (Å²) in [6.45, 7) is 5.04. The van der Waals surface area contributed by atoms with Gasteiger partial charge in [0.05, 0.1) is 11.1 Å². The van der Waals surface area contributed by atoms with Gasteiger partial charge in [-0.15, -0.1) is 11.3 Å². The first-order valence-corrected chi connectivity index (χ1v) is 9.18. The number of carboxylic acids is 1. The van der Waals surface area contributed by atoms with E-state index in [2.05, 4.69) is 50.4 Å². The standard InChI is InChI=1S/C15H17N5S.C2HF3O2/c1-10-2-3-15(21-10)14-6-12(17-19-14)9-20-5-4-13-11(8-20)7-16-18-13;3-2(4,5)1(6)7/h2-3,6-7H,4-5,8-9H2,1H3,(H,16,18)(H,17,19);(H,6,7). The predicted octanol–water partition coefficient (Wildman–Crippen LogP) is 3.36. The number of nitrogens with zero attached hydrogens (tertiary/aromatic N) is 3. The highest BCUT2D eigenvalue weighted by Crippen LogP contribution is 2.27. The molecule has 3 aromatic rings. The molecular formula is C17H18F3N5O2S. The summed E-state index contributed by atoms with van der Waals surface area (Å²) in [6, 6.07) is 6.44. The third-order valence-corrected chi connectivity index (χ3v) is 5.16. The zero-order valence-electron chi connectivity index (χ0n) is 14.9. The Balaban J connectivity index is 0.000000279. The van der Waals surface area contributed by atoms with E-state index in [1.807, 2.05) is 6.20 Å². The molecule has 4 heterocycles. The lowest BCUT2D eigenvalue weighted by atomic mass is 10.1. The van der Waals surface area contributed by atoms with Gasteiger partial charge < -0.3 is 5.11 Å². The summed E-state index contributed by atoms with van der Waals surface area (Å²) in [4.78, 5) is 13.9. The molecule has 0 unspecified atom stereocenters. The minimum Gasteiger partial charge on any atom is -0.475 e. The van der Waals surface area contributed by atoms with Crippen molar-refractivity contribution in [1.82, 2.24) is 25.3 Å². The largest absolute Gasteiger partial charge is 0.490 e. The number of aromatic amines is 2. The van der Waals surface area contributed by atoms with Crippen molar-refractivity contribution in [3.05, 3.63) is 46.2 Å². The Hall–Kier alpha value is -2.66. The molecular weight excluding hydrogens is 395 g/mol. The van der Waals surface area contributed by atoms with Crippen molar-refractivity contribution < 1.29 is 23.1 Å². The lowest BCUT2D eigenvalue weighted by Crippen LogP contribution is -2.29.